The van der Waals surface area contributed by atoms with E-state index in [1.54, 1.807) is 30.3 Å². The molecule has 30 heavy (non-hydrogen) atoms. The Morgan fingerprint density at radius 1 is 0.900 bits per heavy atom. The first kappa shape index (κ1) is 21.1. The van der Waals surface area contributed by atoms with Crippen LogP contribution in [-0.2, 0) is 16.9 Å². The van der Waals surface area contributed by atoms with Crippen LogP contribution in [0.4, 0.5) is 0 Å². The van der Waals surface area contributed by atoms with Gasteiger partial charge in [0.2, 0.25) is 0 Å². The lowest BCUT2D eigenvalue weighted by Crippen LogP contribution is -2.15. The van der Waals surface area contributed by atoms with E-state index in [9.17, 15) is 4.79 Å². The van der Waals surface area contributed by atoms with Gasteiger partial charge < -0.3 is 15.3 Å². The van der Waals surface area contributed by atoms with Gasteiger partial charge in [-0.3, -0.25) is 0 Å². The average molecular weight is 402 g/mol. The third-order valence-electron chi connectivity index (χ3n) is 4.58. The van der Waals surface area contributed by atoms with Crippen molar-refractivity contribution in [2.24, 2.45) is 10.9 Å². The summed E-state index contributed by atoms with van der Waals surface area (Å²) in [5.41, 5.74) is 9.11. The average Bonchev–Trinajstić information content (AvgIpc) is 2.76. The molecule has 3 aromatic carbocycles. The molecule has 154 valence electrons. The number of nitrogens with zero attached hydrogens (tertiary/aromatic N) is 1. The minimum atomic E-state index is -0.578. The summed E-state index contributed by atoms with van der Waals surface area (Å²) in [4.78, 5) is 17.3. The van der Waals surface area contributed by atoms with Crippen molar-refractivity contribution >= 4 is 11.8 Å². The number of carbonyl (C=O) groups excluding carboxylic acids is 1. The maximum absolute atomic E-state index is 12.3. The lowest BCUT2D eigenvalue weighted by atomic mass is 9.87. The first-order valence-electron chi connectivity index (χ1n) is 9.75. The molecular formula is C25H26N2O3. The fraction of sp³-hybridized carbons (Fsp3) is 0.200. The van der Waals surface area contributed by atoms with Crippen molar-refractivity contribution in [2.45, 2.75) is 32.8 Å². The van der Waals surface area contributed by atoms with Crippen molar-refractivity contribution in [1.29, 1.82) is 0 Å². The molecule has 0 saturated carbocycles. The molecule has 0 amide bonds. The van der Waals surface area contributed by atoms with Crippen LogP contribution in [0.3, 0.4) is 0 Å². The first-order valence-corrected chi connectivity index (χ1v) is 9.75. The Balaban J connectivity index is 1.61. The number of hydrogen-bond acceptors (Lipinski definition) is 4. The molecule has 0 saturated heterocycles. The van der Waals surface area contributed by atoms with E-state index in [0.29, 0.717) is 17.7 Å². The van der Waals surface area contributed by atoms with Crippen LogP contribution in [0.2, 0.25) is 0 Å². The van der Waals surface area contributed by atoms with Crippen molar-refractivity contribution < 1.29 is 14.4 Å². The third-order valence-corrected chi connectivity index (χ3v) is 4.58. The molecule has 0 unspecified atom stereocenters. The molecule has 0 bridgehead atoms. The van der Waals surface area contributed by atoms with Gasteiger partial charge in [0.1, 0.15) is 12.4 Å². The zero-order valence-electron chi connectivity index (χ0n) is 17.5. The van der Waals surface area contributed by atoms with Gasteiger partial charge >= 0.3 is 5.97 Å². The van der Waals surface area contributed by atoms with Gasteiger partial charge in [-0.1, -0.05) is 80.5 Å². The minimum absolute atomic E-state index is 0.0968. The van der Waals surface area contributed by atoms with Gasteiger partial charge in [-0.25, -0.2) is 4.79 Å². The summed E-state index contributed by atoms with van der Waals surface area (Å²) in [6.45, 7) is 6.85. The molecule has 5 nitrogen and oxygen atoms in total. The topological polar surface area (TPSA) is 73.9 Å². The second-order valence-electron chi connectivity index (χ2n) is 7.98. The van der Waals surface area contributed by atoms with Crippen LogP contribution in [0.15, 0.2) is 84.0 Å². The van der Waals surface area contributed by atoms with E-state index in [4.69, 9.17) is 15.3 Å². The Labute approximate surface area is 177 Å². The van der Waals surface area contributed by atoms with Gasteiger partial charge in [-0.2, -0.15) is 0 Å². The van der Waals surface area contributed by atoms with E-state index >= 15 is 0 Å². The van der Waals surface area contributed by atoms with E-state index in [1.165, 1.54) is 5.56 Å². The molecule has 5 heteroatoms. The fourth-order valence-electron chi connectivity index (χ4n) is 2.81. The van der Waals surface area contributed by atoms with Crippen molar-refractivity contribution in [3.63, 3.8) is 0 Å². The number of oxime groups is 1. The normalized spacial score (nSPS) is 11.8. The standard InChI is InChI=1S/C25H26N2O3/c1-25(2,3)21-12-14-22(15-13-21)29-17-18-8-7-11-20(16-18)24(28)30-27-23(26)19-9-5-4-6-10-19/h4-16H,17H2,1-3H3,(H2,26,27). The number of amidine groups is 1. The van der Waals surface area contributed by atoms with Crippen molar-refractivity contribution in [3.05, 3.63) is 101 Å². The van der Waals surface area contributed by atoms with Gasteiger partial charge in [-0.05, 0) is 40.8 Å². The summed E-state index contributed by atoms with van der Waals surface area (Å²) < 4.78 is 5.85. The SMILES string of the molecule is CC(C)(C)c1ccc(OCc2cccc(C(=O)O/N=C(\N)c3ccccc3)c2)cc1. The van der Waals surface area contributed by atoms with Crippen LogP contribution < -0.4 is 10.5 Å². The highest BCUT2D eigenvalue weighted by Gasteiger charge is 2.13. The third kappa shape index (κ3) is 5.70. The van der Waals surface area contributed by atoms with Gasteiger partial charge in [0.05, 0.1) is 5.56 Å². The molecule has 0 aliphatic heterocycles. The van der Waals surface area contributed by atoms with Gasteiger partial charge in [0.25, 0.3) is 0 Å². The maximum Gasteiger partial charge on any atom is 0.365 e. The second kappa shape index (κ2) is 9.27. The van der Waals surface area contributed by atoms with Gasteiger partial charge in [0, 0.05) is 5.56 Å². The summed E-state index contributed by atoms with van der Waals surface area (Å²) in [6.07, 6.45) is 0. The predicted molar refractivity (Wildman–Crippen MR) is 118 cm³/mol. The first-order chi connectivity index (χ1) is 14.3. The molecule has 0 atom stereocenters. The van der Waals surface area contributed by atoms with Crippen LogP contribution in [-0.4, -0.2) is 11.8 Å². The Bertz CT molecular complexity index is 1020. The van der Waals surface area contributed by atoms with Crippen molar-refractivity contribution in [2.75, 3.05) is 0 Å². The van der Waals surface area contributed by atoms with Crippen LogP contribution in [0.25, 0.3) is 0 Å². The zero-order valence-corrected chi connectivity index (χ0v) is 17.5. The lowest BCUT2D eigenvalue weighted by Gasteiger charge is -2.19. The Kier molecular flexibility index (Phi) is 6.52. The van der Waals surface area contributed by atoms with Crippen LogP contribution in [0, 0.1) is 0 Å². The molecule has 0 heterocycles. The molecule has 0 spiro atoms. The Morgan fingerprint density at radius 2 is 1.57 bits per heavy atom. The molecule has 3 rings (SSSR count). The fourth-order valence-corrected chi connectivity index (χ4v) is 2.81. The van der Waals surface area contributed by atoms with E-state index in [2.05, 4.69) is 38.1 Å². The lowest BCUT2D eigenvalue weighted by molar-refractivity contribution is 0.0516. The molecule has 0 radical (unpaired) electrons. The minimum Gasteiger partial charge on any atom is -0.489 e. The van der Waals surface area contributed by atoms with E-state index < -0.39 is 5.97 Å². The summed E-state index contributed by atoms with van der Waals surface area (Å²) in [6, 6.07) is 24.2. The van der Waals surface area contributed by atoms with Crippen LogP contribution in [0.5, 0.6) is 5.75 Å². The van der Waals surface area contributed by atoms with Crippen molar-refractivity contribution in [3.8, 4) is 5.75 Å². The maximum atomic E-state index is 12.3. The predicted octanol–water partition coefficient (Wildman–Crippen LogP) is 5.04. The number of rotatable bonds is 6. The van der Waals surface area contributed by atoms with E-state index in [0.717, 1.165) is 11.3 Å². The molecule has 0 fully saturated rings. The summed E-state index contributed by atoms with van der Waals surface area (Å²) >= 11 is 0. The molecule has 2 N–H and O–H groups in total. The van der Waals surface area contributed by atoms with Crippen LogP contribution >= 0.6 is 0 Å². The molecule has 3 aromatic rings. The molecular weight excluding hydrogens is 376 g/mol. The number of ether oxygens (including phenoxy) is 1. The van der Waals surface area contributed by atoms with Crippen molar-refractivity contribution in [1.82, 2.24) is 0 Å². The monoisotopic (exact) mass is 402 g/mol. The van der Waals surface area contributed by atoms with E-state index in [1.807, 2.05) is 36.4 Å². The number of hydrogen-bond donors (Lipinski definition) is 1. The van der Waals surface area contributed by atoms with Gasteiger partial charge in [-0.15, -0.1) is 0 Å². The highest BCUT2D eigenvalue weighted by atomic mass is 16.7. The van der Waals surface area contributed by atoms with Gasteiger partial charge in [0.15, 0.2) is 5.84 Å². The summed E-state index contributed by atoms with van der Waals surface area (Å²) in [5.74, 6) is 0.337. The van der Waals surface area contributed by atoms with E-state index in [-0.39, 0.29) is 11.3 Å². The zero-order chi connectivity index (χ0) is 21.6. The number of benzene rings is 3. The number of carbonyl (C=O) groups is 1. The molecule has 0 aliphatic carbocycles. The largest absolute Gasteiger partial charge is 0.489 e. The second-order valence-corrected chi connectivity index (χ2v) is 7.98. The smallest absolute Gasteiger partial charge is 0.365 e. The Morgan fingerprint density at radius 3 is 2.23 bits per heavy atom. The quantitative estimate of drug-likeness (QED) is 0.271. The summed E-state index contributed by atoms with van der Waals surface area (Å²) in [5, 5.41) is 3.74. The highest BCUT2D eigenvalue weighted by Crippen LogP contribution is 2.24. The Hall–Kier alpha value is -3.60. The molecule has 0 aromatic heterocycles. The molecule has 0 aliphatic rings. The number of nitrogens with two attached hydrogens (primary N) is 1. The van der Waals surface area contributed by atoms with Crippen LogP contribution in [0.1, 0.15) is 47.8 Å². The summed E-state index contributed by atoms with van der Waals surface area (Å²) in [7, 11) is 0. The highest BCUT2D eigenvalue weighted by molar-refractivity contribution is 5.98.